The second-order valence-corrected chi connectivity index (χ2v) is 10.5. The molecule has 0 aliphatic carbocycles. The summed E-state index contributed by atoms with van der Waals surface area (Å²) in [7, 11) is 0. The van der Waals surface area contributed by atoms with Gasteiger partial charge in [-0.1, -0.05) is 48.5 Å². The molecule has 4 nitrogen and oxygen atoms in total. The molecule has 2 heterocycles. The van der Waals surface area contributed by atoms with Crippen LogP contribution in [0.4, 0.5) is 0 Å². The van der Waals surface area contributed by atoms with Gasteiger partial charge in [-0.05, 0) is 96.1 Å². The fourth-order valence-electron chi connectivity index (χ4n) is 6.24. The largest absolute Gasteiger partial charge is 0.309 e. The number of nitrogens with zero attached hydrogens (tertiary/aromatic N) is 4. The molecule has 8 rings (SSSR count). The second kappa shape index (κ2) is 9.24. The lowest BCUT2D eigenvalue weighted by molar-refractivity contribution is 1.18. The van der Waals surface area contributed by atoms with Crippen LogP contribution in [0.25, 0.3) is 66.1 Å². The summed E-state index contributed by atoms with van der Waals surface area (Å²) in [5, 5.41) is 23.5. The van der Waals surface area contributed by atoms with E-state index in [1.54, 1.807) is 0 Å². The zero-order valence-corrected chi connectivity index (χ0v) is 22.5. The molecule has 0 spiro atoms. The molecule has 0 amide bonds. The molecular weight excluding hydrogens is 512 g/mol. The quantitative estimate of drug-likeness (QED) is 0.227. The van der Waals surface area contributed by atoms with E-state index in [1.807, 2.05) is 48.5 Å². The van der Waals surface area contributed by atoms with Crippen molar-refractivity contribution in [2.45, 2.75) is 0 Å². The third kappa shape index (κ3) is 3.53. The number of hydrogen-bond donors (Lipinski definition) is 0. The number of benzene rings is 6. The number of rotatable bonds is 3. The van der Waals surface area contributed by atoms with E-state index in [0.717, 1.165) is 44.3 Å². The number of aromatic nitrogens is 2. The van der Waals surface area contributed by atoms with E-state index in [0.29, 0.717) is 11.1 Å². The Balaban J connectivity index is 1.36. The highest BCUT2D eigenvalue weighted by Gasteiger charge is 2.16. The summed E-state index contributed by atoms with van der Waals surface area (Å²) in [6.07, 6.45) is 0. The minimum Gasteiger partial charge on any atom is -0.309 e. The third-order valence-electron chi connectivity index (χ3n) is 8.17. The number of fused-ring (bicyclic) bond motifs is 6. The van der Waals surface area contributed by atoms with Crippen LogP contribution in [0.3, 0.4) is 0 Å². The first-order valence-corrected chi connectivity index (χ1v) is 13.8. The van der Waals surface area contributed by atoms with Crippen LogP contribution in [0.2, 0.25) is 0 Å². The van der Waals surface area contributed by atoms with Crippen LogP contribution in [-0.4, -0.2) is 9.13 Å². The van der Waals surface area contributed by atoms with Crippen LogP contribution in [-0.2, 0) is 0 Å². The average molecular weight is 535 g/mol. The van der Waals surface area contributed by atoms with Crippen LogP contribution in [0.1, 0.15) is 11.1 Å². The van der Waals surface area contributed by atoms with Gasteiger partial charge in [-0.25, -0.2) is 0 Å². The molecule has 0 N–H and O–H groups in total. The molecule has 0 fully saturated rings. The summed E-state index contributed by atoms with van der Waals surface area (Å²) in [6.45, 7) is 0. The summed E-state index contributed by atoms with van der Waals surface area (Å²) < 4.78 is 4.53. The van der Waals surface area contributed by atoms with Crippen LogP contribution >= 0.6 is 0 Å². The van der Waals surface area contributed by atoms with Gasteiger partial charge >= 0.3 is 0 Å². The molecule has 6 aromatic carbocycles. The first kappa shape index (κ1) is 23.8. The van der Waals surface area contributed by atoms with Crippen molar-refractivity contribution in [2.75, 3.05) is 0 Å². The number of hydrogen-bond acceptors (Lipinski definition) is 2. The molecule has 194 valence electrons. The van der Waals surface area contributed by atoms with Crippen LogP contribution in [0, 0.1) is 22.7 Å². The van der Waals surface area contributed by atoms with Gasteiger partial charge in [0.05, 0.1) is 45.3 Å². The Morgan fingerprint density at radius 1 is 0.381 bits per heavy atom. The number of para-hydroxylation sites is 2. The van der Waals surface area contributed by atoms with E-state index >= 15 is 0 Å². The van der Waals surface area contributed by atoms with E-state index in [-0.39, 0.29) is 0 Å². The van der Waals surface area contributed by atoms with Crippen molar-refractivity contribution in [2.24, 2.45) is 0 Å². The average Bonchev–Trinajstić information content (AvgIpc) is 3.57. The summed E-state index contributed by atoms with van der Waals surface area (Å²) in [5.74, 6) is 0. The SMILES string of the molecule is N#Cc1ccc(-n2c3ccc(C#N)cc3c3cc(-c4ccc5c(c4)c4ccccc4n5-c4ccccc4)ccc32)cc1. The summed E-state index contributed by atoms with van der Waals surface area (Å²) in [5.41, 5.74) is 10.0. The first-order valence-electron chi connectivity index (χ1n) is 13.8. The Morgan fingerprint density at radius 3 is 1.50 bits per heavy atom. The Morgan fingerprint density at radius 2 is 0.857 bits per heavy atom. The monoisotopic (exact) mass is 534 g/mol. The van der Waals surface area contributed by atoms with Gasteiger partial charge in [-0.2, -0.15) is 10.5 Å². The minimum absolute atomic E-state index is 0.623. The summed E-state index contributed by atoms with van der Waals surface area (Å²) in [4.78, 5) is 0. The lowest BCUT2D eigenvalue weighted by atomic mass is 10.0. The molecule has 0 atom stereocenters. The molecular formula is C38H22N4. The molecule has 0 unspecified atom stereocenters. The van der Waals surface area contributed by atoms with Crippen LogP contribution in [0.15, 0.2) is 133 Å². The van der Waals surface area contributed by atoms with Crippen molar-refractivity contribution >= 4 is 43.6 Å². The van der Waals surface area contributed by atoms with Gasteiger partial charge in [-0.3, -0.25) is 0 Å². The Bertz CT molecular complexity index is 2410. The van der Waals surface area contributed by atoms with Crippen molar-refractivity contribution in [3.8, 4) is 34.6 Å². The van der Waals surface area contributed by atoms with E-state index in [4.69, 9.17) is 0 Å². The van der Waals surface area contributed by atoms with Crippen LogP contribution < -0.4 is 0 Å². The molecule has 0 radical (unpaired) electrons. The second-order valence-electron chi connectivity index (χ2n) is 10.5. The lowest BCUT2D eigenvalue weighted by Gasteiger charge is -2.09. The van der Waals surface area contributed by atoms with Gasteiger partial charge in [0.25, 0.3) is 0 Å². The maximum absolute atomic E-state index is 9.67. The van der Waals surface area contributed by atoms with Crippen molar-refractivity contribution in [1.82, 2.24) is 9.13 Å². The van der Waals surface area contributed by atoms with Gasteiger partial charge in [0.15, 0.2) is 0 Å². The van der Waals surface area contributed by atoms with Gasteiger partial charge in [0, 0.05) is 32.9 Å². The van der Waals surface area contributed by atoms with Gasteiger partial charge < -0.3 is 9.13 Å². The molecule has 0 saturated heterocycles. The summed E-state index contributed by atoms with van der Waals surface area (Å²) >= 11 is 0. The fourth-order valence-corrected chi connectivity index (χ4v) is 6.24. The standard InChI is InChI=1S/C38H22N4/c39-23-25-10-15-30(16-11-25)42-36-17-12-26(24-40)20-32(36)34-22-28(14-19-38(34)42)27-13-18-37-33(21-27)31-8-4-5-9-35(31)41(37)29-6-2-1-3-7-29/h1-22H. The maximum atomic E-state index is 9.67. The van der Waals surface area contributed by atoms with Gasteiger partial charge in [-0.15, -0.1) is 0 Å². The third-order valence-corrected chi connectivity index (χ3v) is 8.17. The molecule has 8 aromatic rings. The normalized spacial score (nSPS) is 11.3. The molecule has 42 heavy (non-hydrogen) atoms. The van der Waals surface area contributed by atoms with Crippen molar-refractivity contribution in [3.63, 3.8) is 0 Å². The van der Waals surface area contributed by atoms with E-state index in [9.17, 15) is 10.5 Å². The molecule has 0 aliphatic rings. The van der Waals surface area contributed by atoms with E-state index < -0.39 is 0 Å². The van der Waals surface area contributed by atoms with Crippen molar-refractivity contribution in [3.05, 3.63) is 145 Å². The Kier molecular flexibility index (Phi) is 5.22. The molecule has 0 saturated carbocycles. The Labute approximate surface area is 242 Å². The minimum atomic E-state index is 0.623. The predicted molar refractivity (Wildman–Crippen MR) is 170 cm³/mol. The van der Waals surface area contributed by atoms with E-state index in [1.165, 1.54) is 21.8 Å². The highest BCUT2D eigenvalue weighted by molar-refractivity contribution is 6.12. The zero-order chi connectivity index (χ0) is 28.2. The van der Waals surface area contributed by atoms with E-state index in [2.05, 4.69) is 106 Å². The topological polar surface area (TPSA) is 57.4 Å². The molecule has 0 bridgehead atoms. The van der Waals surface area contributed by atoms with Crippen molar-refractivity contribution < 1.29 is 0 Å². The summed E-state index contributed by atoms with van der Waals surface area (Å²) in [6, 6.07) is 50.3. The molecule has 0 aliphatic heterocycles. The van der Waals surface area contributed by atoms with Gasteiger partial charge in [0.1, 0.15) is 0 Å². The predicted octanol–water partition coefficient (Wildman–Crippen LogP) is 9.29. The lowest BCUT2D eigenvalue weighted by Crippen LogP contribution is -1.94. The molecule has 4 heteroatoms. The fraction of sp³-hybridized carbons (Fsp3) is 0. The first-order chi connectivity index (χ1) is 20.7. The smallest absolute Gasteiger partial charge is 0.0991 e. The maximum Gasteiger partial charge on any atom is 0.0991 e. The highest BCUT2D eigenvalue weighted by Crippen LogP contribution is 2.38. The van der Waals surface area contributed by atoms with Crippen LogP contribution in [0.5, 0.6) is 0 Å². The number of nitriles is 2. The van der Waals surface area contributed by atoms with Crippen molar-refractivity contribution in [1.29, 1.82) is 10.5 Å². The van der Waals surface area contributed by atoms with Gasteiger partial charge in [0.2, 0.25) is 0 Å². The molecule has 2 aromatic heterocycles. The Hall–Kier alpha value is -6.10. The zero-order valence-electron chi connectivity index (χ0n) is 22.5. The highest BCUT2D eigenvalue weighted by atomic mass is 15.0.